The number of rotatable bonds is 8. The van der Waals surface area contributed by atoms with E-state index in [0.717, 1.165) is 12.8 Å². The Hall–Kier alpha value is -0.380. The predicted octanol–water partition coefficient (Wildman–Crippen LogP) is 1.61. The highest BCUT2D eigenvalue weighted by atomic mass is 16.5. The lowest BCUT2D eigenvalue weighted by molar-refractivity contribution is -0.0603. The molecule has 1 atom stereocenters. The van der Waals surface area contributed by atoms with Crippen molar-refractivity contribution in [3.8, 4) is 0 Å². The summed E-state index contributed by atoms with van der Waals surface area (Å²) in [6, 6.07) is 0. The lowest BCUT2D eigenvalue weighted by Gasteiger charge is -2.35. The second kappa shape index (κ2) is 6.98. The molecule has 0 aromatic carbocycles. The Balaban J connectivity index is 4.61. The normalized spacial score (nSPS) is 14.0. The predicted molar refractivity (Wildman–Crippen MR) is 57.3 cm³/mol. The fraction of sp³-hybridized carbons (Fsp3) is 0.818. The summed E-state index contributed by atoms with van der Waals surface area (Å²) in [5.74, 6) is 0. The lowest BCUT2D eigenvalue weighted by atomic mass is 9.79. The van der Waals surface area contributed by atoms with Gasteiger partial charge in [0.1, 0.15) is 0 Å². The number of hydrogen-bond donors (Lipinski definition) is 1. The molecule has 0 radical (unpaired) electrons. The zero-order chi connectivity index (χ0) is 11.0. The molecule has 1 N–H and O–H groups in total. The van der Waals surface area contributed by atoms with Gasteiger partial charge in [-0.05, 0) is 6.42 Å². The van der Waals surface area contributed by atoms with E-state index in [-0.39, 0.29) is 5.41 Å². The molecule has 0 fully saturated rings. The Morgan fingerprint density at radius 2 is 1.86 bits per heavy atom. The molecule has 3 heteroatoms. The van der Waals surface area contributed by atoms with E-state index in [4.69, 9.17) is 9.47 Å². The van der Waals surface area contributed by atoms with Crippen molar-refractivity contribution in [3.63, 3.8) is 0 Å². The molecular weight excluding hydrogens is 180 g/mol. The molecule has 3 nitrogen and oxygen atoms in total. The average molecular weight is 202 g/mol. The summed E-state index contributed by atoms with van der Waals surface area (Å²) in [6.07, 6.45) is 2.81. The SMILES string of the molecule is C=CC(O)C(CCC)(COC)COC. The van der Waals surface area contributed by atoms with E-state index in [9.17, 15) is 5.11 Å². The van der Waals surface area contributed by atoms with Gasteiger partial charge in [0.2, 0.25) is 0 Å². The molecule has 0 aliphatic rings. The molecule has 0 amide bonds. The highest BCUT2D eigenvalue weighted by Gasteiger charge is 2.35. The van der Waals surface area contributed by atoms with Gasteiger partial charge in [-0.3, -0.25) is 0 Å². The van der Waals surface area contributed by atoms with E-state index in [2.05, 4.69) is 13.5 Å². The van der Waals surface area contributed by atoms with Gasteiger partial charge in [-0.2, -0.15) is 0 Å². The van der Waals surface area contributed by atoms with Crippen molar-refractivity contribution >= 4 is 0 Å². The van der Waals surface area contributed by atoms with E-state index in [1.165, 1.54) is 0 Å². The molecule has 0 bridgehead atoms. The number of hydrogen-bond acceptors (Lipinski definition) is 3. The minimum Gasteiger partial charge on any atom is -0.388 e. The molecule has 0 aliphatic heterocycles. The van der Waals surface area contributed by atoms with Crippen LogP contribution < -0.4 is 0 Å². The van der Waals surface area contributed by atoms with Crippen molar-refractivity contribution in [1.82, 2.24) is 0 Å². The van der Waals surface area contributed by atoms with Gasteiger partial charge in [-0.25, -0.2) is 0 Å². The molecule has 0 heterocycles. The molecule has 0 spiro atoms. The van der Waals surface area contributed by atoms with E-state index in [1.54, 1.807) is 20.3 Å². The standard InChI is InChI=1S/C11H22O3/c1-5-7-11(8-13-3,9-14-4)10(12)6-2/h6,10,12H,2,5,7-9H2,1,3-4H3. The summed E-state index contributed by atoms with van der Waals surface area (Å²) in [5.41, 5.74) is -0.347. The average Bonchev–Trinajstić information content (AvgIpc) is 2.17. The summed E-state index contributed by atoms with van der Waals surface area (Å²) in [7, 11) is 3.27. The van der Waals surface area contributed by atoms with E-state index in [1.807, 2.05) is 0 Å². The third-order valence-corrected chi connectivity index (χ3v) is 2.46. The van der Waals surface area contributed by atoms with Gasteiger partial charge in [-0.15, -0.1) is 6.58 Å². The van der Waals surface area contributed by atoms with Gasteiger partial charge < -0.3 is 14.6 Å². The van der Waals surface area contributed by atoms with Gasteiger partial charge in [0.15, 0.2) is 0 Å². The van der Waals surface area contributed by atoms with Gasteiger partial charge in [-0.1, -0.05) is 19.4 Å². The molecule has 0 rings (SSSR count). The first-order valence-corrected chi connectivity index (χ1v) is 4.95. The van der Waals surface area contributed by atoms with Crippen molar-refractivity contribution in [2.24, 2.45) is 5.41 Å². The monoisotopic (exact) mass is 202 g/mol. The maximum atomic E-state index is 9.88. The van der Waals surface area contributed by atoms with Crippen LogP contribution in [-0.4, -0.2) is 38.6 Å². The lowest BCUT2D eigenvalue weighted by Crippen LogP contribution is -2.42. The van der Waals surface area contributed by atoms with Crippen LogP contribution in [0.5, 0.6) is 0 Å². The molecule has 0 saturated carbocycles. The number of aliphatic hydroxyl groups excluding tert-OH is 1. The second-order valence-electron chi connectivity index (χ2n) is 3.66. The van der Waals surface area contributed by atoms with Crippen LogP contribution in [0, 0.1) is 5.41 Å². The summed E-state index contributed by atoms with van der Waals surface area (Å²) in [5, 5.41) is 9.88. The van der Waals surface area contributed by atoms with Crippen molar-refractivity contribution in [2.45, 2.75) is 25.9 Å². The van der Waals surface area contributed by atoms with Crippen LogP contribution in [0.25, 0.3) is 0 Å². The topological polar surface area (TPSA) is 38.7 Å². The highest BCUT2D eigenvalue weighted by molar-refractivity contribution is 4.95. The first kappa shape index (κ1) is 13.6. The Kier molecular flexibility index (Phi) is 6.79. The molecule has 0 aromatic rings. The van der Waals surface area contributed by atoms with Crippen LogP contribution in [0.3, 0.4) is 0 Å². The Morgan fingerprint density at radius 1 is 1.36 bits per heavy atom. The quantitative estimate of drug-likeness (QED) is 0.608. The summed E-state index contributed by atoms with van der Waals surface area (Å²) >= 11 is 0. The van der Waals surface area contributed by atoms with Crippen molar-refractivity contribution in [3.05, 3.63) is 12.7 Å². The van der Waals surface area contributed by atoms with Crippen LogP contribution in [0.2, 0.25) is 0 Å². The molecule has 84 valence electrons. The number of aliphatic hydroxyl groups is 1. The van der Waals surface area contributed by atoms with Crippen molar-refractivity contribution < 1.29 is 14.6 Å². The van der Waals surface area contributed by atoms with Crippen LogP contribution >= 0.6 is 0 Å². The van der Waals surface area contributed by atoms with Crippen LogP contribution in [-0.2, 0) is 9.47 Å². The third-order valence-electron chi connectivity index (χ3n) is 2.46. The molecule has 0 aromatic heterocycles. The maximum Gasteiger partial charge on any atom is 0.0818 e. The van der Waals surface area contributed by atoms with Crippen LogP contribution in [0.4, 0.5) is 0 Å². The molecule has 14 heavy (non-hydrogen) atoms. The zero-order valence-corrected chi connectivity index (χ0v) is 9.45. The Morgan fingerprint density at radius 3 is 2.14 bits per heavy atom. The Bertz CT molecular complexity index is 140. The van der Waals surface area contributed by atoms with Crippen molar-refractivity contribution in [2.75, 3.05) is 27.4 Å². The fourth-order valence-corrected chi connectivity index (χ4v) is 1.83. The maximum absolute atomic E-state index is 9.88. The number of ether oxygens (including phenoxy) is 2. The van der Waals surface area contributed by atoms with Gasteiger partial charge in [0.25, 0.3) is 0 Å². The van der Waals surface area contributed by atoms with Gasteiger partial charge in [0.05, 0.1) is 19.3 Å². The van der Waals surface area contributed by atoms with Crippen LogP contribution in [0.15, 0.2) is 12.7 Å². The molecule has 0 saturated heterocycles. The van der Waals surface area contributed by atoms with E-state index in [0.29, 0.717) is 13.2 Å². The van der Waals surface area contributed by atoms with Gasteiger partial charge >= 0.3 is 0 Å². The van der Waals surface area contributed by atoms with E-state index >= 15 is 0 Å². The highest BCUT2D eigenvalue weighted by Crippen LogP contribution is 2.30. The molecule has 0 aliphatic carbocycles. The molecular formula is C11H22O3. The fourth-order valence-electron chi connectivity index (χ4n) is 1.83. The van der Waals surface area contributed by atoms with E-state index < -0.39 is 6.10 Å². The zero-order valence-electron chi connectivity index (χ0n) is 9.45. The molecule has 1 unspecified atom stereocenters. The first-order valence-electron chi connectivity index (χ1n) is 4.95. The smallest absolute Gasteiger partial charge is 0.0818 e. The van der Waals surface area contributed by atoms with Crippen LogP contribution in [0.1, 0.15) is 19.8 Å². The number of methoxy groups -OCH3 is 2. The second-order valence-corrected chi connectivity index (χ2v) is 3.66. The Labute approximate surface area is 86.7 Å². The largest absolute Gasteiger partial charge is 0.388 e. The van der Waals surface area contributed by atoms with Gasteiger partial charge in [0, 0.05) is 19.6 Å². The minimum atomic E-state index is -0.581. The minimum absolute atomic E-state index is 0.347. The van der Waals surface area contributed by atoms with Crippen molar-refractivity contribution in [1.29, 1.82) is 0 Å². The summed E-state index contributed by atoms with van der Waals surface area (Å²) in [6.45, 7) is 6.67. The summed E-state index contributed by atoms with van der Waals surface area (Å²) < 4.78 is 10.3. The summed E-state index contributed by atoms with van der Waals surface area (Å²) in [4.78, 5) is 0. The first-order chi connectivity index (χ1) is 6.66. The third kappa shape index (κ3) is 3.40.